The zero-order valence-electron chi connectivity index (χ0n) is 17.1. The Morgan fingerprint density at radius 1 is 1.00 bits per heavy atom. The molecule has 0 unspecified atom stereocenters. The molecule has 1 aliphatic rings. The monoisotopic (exact) mass is 478 g/mol. The van der Waals surface area contributed by atoms with Gasteiger partial charge in [-0.05, 0) is 25.5 Å². The number of nitrogens with one attached hydrogen (secondary N) is 1. The molecule has 0 fully saturated rings. The number of aryl methyl sites for hydroxylation is 2. The highest BCUT2D eigenvalue weighted by Crippen LogP contribution is 2.33. The molecule has 178 valence electrons. The molecule has 0 amide bonds. The van der Waals surface area contributed by atoms with E-state index in [-0.39, 0.29) is 17.8 Å². The summed E-state index contributed by atoms with van der Waals surface area (Å²) in [6, 6.07) is 8.37. The van der Waals surface area contributed by atoms with Gasteiger partial charge in [0, 0.05) is 17.7 Å². The number of rotatable bonds is 3. The first-order chi connectivity index (χ1) is 15.2. The van der Waals surface area contributed by atoms with E-state index in [2.05, 4.69) is 19.8 Å². The lowest BCUT2D eigenvalue weighted by molar-refractivity contribution is -0.331. The largest absolute Gasteiger partial charge is 0.491 e. The molecule has 1 aliphatic heterocycles. The molecule has 1 aromatic carbocycles. The van der Waals surface area contributed by atoms with Gasteiger partial charge in [0.25, 0.3) is 0 Å². The summed E-state index contributed by atoms with van der Waals surface area (Å²) in [6.45, 7) is 2.45. The molecule has 0 bridgehead atoms. The first-order valence-corrected chi connectivity index (χ1v) is 9.28. The van der Waals surface area contributed by atoms with E-state index in [0.29, 0.717) is 5.56 Å². The van der Waals surface area contributed by atoms with Gasteiger partial charge >= 0.3 is 30.3 Å². The van der Waals surface area contributed by atoms with Crippen LogP contribution >= 0.6 is 0 Å². The Hall–Kier alpha value is -3.35. The first-order valence-electron chi connectivity index (χ1n) is 9.28. The minimum atomic E-state index is -5.61. The van der Waals surface area contributed by atoms with Crippen molar-refractivity contribution in [2.75, 3.05) is 6.54 Å². The van der Waals surface area contributed by atoms with Gasteiger partial charge in [-0.3, -0.25) is 0 Å². The van der Waals surface area contributed by atoms with Crippen LogP contribution in [0.5, 0.6) is 5.88 Å². The van der Waals surface area contributed by atoms with Gasteiger partial charge < -0.3 is 19.5 Å². The lowest BCUT2D eigenvalue weighted by Crippen LogP contribution is -2.55. The van der Waals surface area contributed by atoms with Crippen LogP contribution in [0.3, 0.4) is 0 Å². The van der Waals surface area contributed by atoms with Crippen molar-refractivity contribution in [2.24, 2.45) is 0 Å². The van der Waals surface area contributed by atoms with Crippen LogP contribution in [-0.2, 0) is 25.6 Å². The molecular weight excluding hydrogens is 462 g/mol. The summed E-state index contributed by atoms with van der Waals surface area (Å²) in [7, 11) is 0. The highest BCUT2D eigenvalue weighted by atomic mass is 19.4. The van der Waals surface area contributed by atoms with Crippen LogP contribution in [-0.4, -0.2) is 41.8 Å². The van der Waals surface area contributed by atoms with E-state index in [1.807, 2.05) is 13.0 Å². The molecule has 7 nitrogen and oxygen atoms in total. The Balaban J connectivity index is 2.05. The number of alkyl halides is 6. The molecule has 1 aromatic heterocycles. The number of nitrogens with zero attached hydrogens (tertiary/aromatic N) is 1. The van der Waals surface area contributed by atoms with Crippen molar-refractivity contribution in [2.45, 2.75) is 38.7 Å². The summed E-state index contributed by atoms with van der Waals surface area (Å²) in [4.78, 5) is 27.0. The van der Waals surface area contributed by atoms with Crippen molar-refractivity contribution in [3.05, 3.63) is 47.0 Å². The third kappa shape index (κ3) is 5.53. The SMILES string of the molecule is Cc1ccc(-c2ccc3c(n2)OC(OC(=O)C(F)(F)F)(OC(=O)C(F)(F)F)CNC3)c(C)c1. The zero-order chi connectivity index (χ0) is 24.6. The lowest BCUT2D eigenvalue weighted by Gasteiger charge is -2.31. The third-order valence-electron chi connectivity index (χ3n) is 4.47. The average molecular weight is 478 g/mol. The molecule has 0 radical (unpaired) electrons. The highest BCUT2D eigenvalue weighted by molar-refractivity contribution is 5.78. The number of carbonyl (C=O) groups excluding carboxylic acids is 2. The Bertz CT molecular complexity index is 1060. The maximum atomic E-state index is 12.8. The smallest absolute Gasteiger partial charge is 0.401 e. The average Bonchev–Trinajstić information content (AvgIpc) is 2.84. The minimum Gasteiger partial charge on any atom is -0.401 e. The molecule has 0 saturated heterocycles. The molecule has 0 spiro atoms. The number of fused-ring (bicyclic) bond motifs is 1. The van der Waals surface area contributed by atoms with Crippen molar-refractivity contribution < 1.29 is 50.1 Å². The van der Waals surface area contributed by atoms with Gasteiger partial charge in [0.2, 0.25) is 5.88 Å². The second-order valence-corrected chi connectivity index (χ2v) is 7.14. The van der Waals surface area contributed by atoms with Crippen LogP contribution in [0.4, 0.5) is 26.3 Å². The van der Waals surface area contributed by atoms with Gasteiger partial charge in [0.05, 0.1) is 5.69 Å². The lowest BCUT2D eigenvalue weighted by atomic mass is 10.0. The molecular formula is C20H16F6N2O5. The van der Waals surface area contributed by atoms with Crippen LogP contribution in [0, 0.1) is 13.8 Å². The number of aromatic nitrogens is 1. The van der Waals surface area contributed by atoms with Crippen LogP contribution < -0.4 is 10.1 Å². The number of hydrogen-bond donors (Lipinski definition) is 1. The number of halogens is 6. The van der Waals surface area contributed by atoms with Gasteiger partial charge in [-0.2, -0.15) is 26.3 Å². The predicted octanol–water partition coefficient (Wildman–Crippen LogP) is 3.71. The minimum absolute atomic E-state index is 0.148. The van der Waals surface area contributed by atoms with E-state index in [4.69, 9.17) is 4.74 Å². The van der Waals surface area contributed by atoms with Crippen LogP contribution in [0.15, 0.2) is 30.3 Å². The molecule has 0 atom stereocenters. The van der Waals surface area contributed by atoms with Crippen molar-refractivity contribution in [3.8, 4) is 17.1 Å². The predicted molar refractivity (Wildman–Crippen MR) is 98.5 cm³/mol. The molecule has 33 heavy (non-hydrogen) atoms. The van der Waals surface area contributed by atoms with Crippen molar-refractivity contribution >= 4 is 11.9 Å². The second kappa shape index (κ2) is 8.54. The van der Waals surface area contributed by atoms with Crippen molar-refractivity contribution in [3.63, 3.8) is 0 Å². The topological polar surface area (TPSA) is 86.8 Å². The van der Waals surface area contributed by atoms with Gasteiger partial charge in [0.1, 0.15) is 6.54 Å². The van der Waals surface area contributed by atoms with Gasteiger partial charge in [-0.15, -0.1) is 0 Å². The van der Waals surface area contributed by atoms with Gasteiger partial charge in [0.15, 0.2) is 0 Å². The number of hydrogen-bond acceptors (Lipinski definition) is 7. The zero-order valence-corrected chi connectivity index (χ0v) is 17.1. The van der Waals surface area contributed by atoms with Crippen molar-refractivity contribution in [1.29, 1.82) is 0 Å². The van der Waals surface area contributed by atoms with E-state index in [0.717, 1.165) is 11.1 Å². The van der Waals surface area contributed by atoms with Crippen LogP contribution in [0.25, 0.3) is 11.3 Å². The van der Waals surface area contributed by atoms with Crippen LogP contribution in [0.1, 0.15) is 16.7 Å². The molecule has 2 heterocycles. The maximum Gasteiger partial charge on any atom is 0.491 e. The first kappa shape index (κ1) is 24.3. The normalized spacial score (nSPS) is 15.6. The Kier molecular flexibility index (Phi) is 6.29. The fourth-order valence-corrected chi connectivity index (χ4v) is 3.01. The van der Waals surface area contributed by atoms with E-state index in [1.165, 1.54) is 6.07 Å². The Morgan fingerprint density at radius 2 is 1.61 bits per heavy atom. The summed E-state index contributed by atoms with van der Waals surface area (Å²) in [5, 5.41) is 2.43. The standard InChI is InChI=1S/C20H16F6N2O5/c1-10-3-5-13(11(2)7-10)14-6-4-12-8-27-9-18(31-15(12)28-14,32-16(29)19(21,22)23)33-17(30)20(24,25)26/h3-7,27H,8-9H2,1-2H3. The number of benzene rings is 1. The number of esters is 2. The fourth-order valence-electron chi connectivity index (χ4n) is 3.01. The maximum absolute atomic E-state index is 12.8. The Labute approximate surface area is 182 Å². The van der Waals surface area contributed by atoms with E-state index >= 15 is 0 Å². The van der Waals surface area contributed by atoms with Gasteiger partial charge in [-0.25, -0.2) is 14.6 Å². The van der Waals surface area contributed by atoms with E-state index < -0.39 is 42.7 Å². The summed E-state index contributed by atoms with van der Waals surface area (Å²) >= 11 is 0. The Morgan fingerprint density at radius 3 is 2.15 bits per heavy atom. The third-order valence-corrected chi connectivity index (χ3v) is 4.47. The van der Waals surface area contributed by atoms with E-state index in [1.54, 1.807) is 25.1 Å². The quantitative estimate of drug-likeness (QED) is 0.409. The molecule has 2 aromatic rings. The molecule has 0 saturated carbocycles. The second-order valence-electron chi connectivity index (χ2n) is 7.14. The highest BCUT2D eigenvalue weighted by Gasteiger charge is 2.55. The molecule has 13 heteroatoms. The van der Waals surface area contributed by atoms with Gasteiger partial charge in [-0.1, -0.05) is 29.8 Å². The molecule has 0 aliphatic carbocycles. The number of ether oxygens (including phenoxy) is 3. The summed E-state index contributed by atoms with van der Waals surface area (Å²) in [5.41, 5.74) is 2.81. The van der Waals surface area contributed by atoms with Crippen molar-refractivity contribution in [1.82, 2.24) is 10.3 Å². The number of pyridine rings is 1. The summed E-state index contributed by atoms with van der Waals surface area (Å²) in [5.74, 6) is -9.75. The summed E-state index contributed by atoms with van der Waals surface area (Å²) in [6.07, 6.45) is -11.2. The molecule has 1 N–H and O–H groups in total. The number of carbonyl (C=O) groups is 2. The summed E-state index contributed by atoms with van der Waals surface area (Å²) < 4.78 is 90.0. The fraction of sp³-hybridized carbons (Fsp3) is 0.350. The molecule has 3 rings (SSSR count). The van der Waals surface area contributed by atoms with Crippen LogP contribution in [0.2, 0.25) is 0 Å². The van der Waals surface area contributed by atoms with E-state index in [9.17, 15) is 35.9 Å².